The van der Waals surface area contributed by atoms with Crippen molar-refractivity contribution in [1.82, 2.24) is 19.7 Å². The third-order valence-corrected chi connectivity index (χ3v) is 3.94. The Morgan fingerprint density at radius 2 is 2.15 bits per heavy atom. The van der Waals surface area contributed by atoms with E-state index in [1.807, 2.05) is 24.3 Å². The van der Waals surface area contributed by atoms with Crippen molar-refractivity contribution in [2.45, 2.75) is 10.2 Å². The van der Waals surface area contributed by atoms with Crippen LogP contribution in [0.3, 0.4) is 0 Å². The molecule has 2 aromatic heterocycles. The lowest BCUT2D eigenvalue weighted by Gasteiger charge is -2.05. The predicted octanol–water partition coefficient (Wildman–Crippen LogP) is 1.62. The van der Waals surface area contributed by atoms with Gasteiger partial charge >= 0.3 is 5.69 Å². The van der Waals surface area contributed by atoms with Crippen molar-refractivity contribution in [3.8, 4) is 0 Å². The fraction of sp³-hybridized carbons (Fsp3) is 0.0769. The van der Waals surface area contributed by atoms with Crippen LogP contribution in [0.2, 0.25) is 0 Å². The summed E-state index contributed by atoms with van der Waals surface area (Å²) in [4.78, 5) is 27.0. The van der Waals surface area contributed by atoms with E-state index in [0.29, 0.717) is 15.7 Å². The molecule has 0 unspecified atom stereocenters. The standard InChI is InChI=1S/C13H10N4O2S/c1-17-12(19)15-16-13(17)20-11-9(7-18)6-8-4-2-3-5-10(8)14-11/h2-7H,1H3,(H,15,19). The summed E-state index contributed by atoms with van der Waals surface area (Å²) in [7, 11) is 1.61. The highest BCUT2D eigenvalue weighted by Gasteiger charge is 2.12. The smallest absolute Gasteiger partial charge is 0.298 e. The van der Waals surface area contributed by atoms with Gasteiger partial charge in [0, 0.05) is 18.0 Å². The van der Waals surface area contributed by atoms with E-state index in [1.54, 1.807) is 13.1 Å². The molecule has 6 nitrogen and oxygen atoms in total. The molecule has 0 atom stereocenters. The Morgan fingerprint density at radius 3 is 2.85 bits per heavy atom. The number of fused-ring (bicyclic) bond motifs is 1. The highest BCUT2D eigenvalue weighted by atomic mass is 32.2. The number of aromatic amines is 1. The summed E-state index contributed by atoms with van der Waals surface area (Å²) in [5.74, 6) is 0. The summed E-state index contributed by atoms with van der Waals surface area (Å²) in [5.41, 5.74) is 0.964. The maximum Gasteiger partial charge on any atom is 0.343 e. The van der Waals surface area contributed by atoms with E-state index in [9.17, 15) is 9.59 Å². The van der Waals surface area contributed by atoms with Crippen LogP contribution < -0.4 is 5.69 Å². The summed E-state index contributed by atoms with van der Waals surface area (Å²) in [5, 5.41) is 8.14. The number of hydrogen-bond acceptors (Lipinski definition) is 5. The Hall–Kier alpha value is -2.41. The van der Waals surface area contributed by atoms with Gasteiger partial charge in [0.05, 0.1) is 5.52 Å². The maximum absolute atomic E-state index is 11.3. The molecule has 20 heavy (non-hydrogen) atoms. The Labute approximate surface area is 117 Å². The topological polar surface area (TPSA) is 80.6 Å². The number of aromatic nitrogens is 4. The number of para-hydroxylation sites is 1. The highest BCUT2D eigenvalue weighted by Crippen LogP contribution is 2.28. The first-order valence-corrected chi connectivity index (χ1v) is 6.65. The molecule has 7 heteroatoms. The van der Waals surface area contributed by atoms with Crippen molar-refractivity contribution in [2.75, 3.05) is 0 Å². The second kappa shape index (κ2) is 4.93. The van der Waals surface area contributed by atoms with Crippen molar-refractivity contribution in [3.05, 3.63) is 46.4 Å². The first-order valence-electron chi connectivity index (χ1n) is 5.83. The summed E-state index contributed by atoms with van der Waals surface area (Å²) in [6, 6.07) is 9.32. The van der Waals surface area contributed by atoms with Crippen LogP contribution in [0.4, 0.5) is 0 Å². The van der Waals surface area contributed by atoms with Crippen molar-refractivity contribution in [2.24, 2.45) is 7.05 Å². The van der Waals surface area contributed by atoms with Gasteiger partial charge < -0.3 is 0 Å². The van der Waals surface area contributed by atoms with E-state index >= 15 is 0 Å². The number of carbonyl (C=O) groups is 1. The minimum atomic E-state index is -0.305. The molecule has 0 aliphatic heterocycles. The van der Waals surface area contributed by atoms with Gasteiger partial charge in [-0.05, 0) is 23.9 Å². The monoisotopic (exact) mass is 286 g/mol. The van der Waals surface area contributed by atoms with E-state index in [2.05, 4.69) is 15.2 Å². The van der Waals surface area contributed by atoms with E-state index < -0.39 is 0 Å². The summed E-state index contributed by atoms with van der Waals surface area (Å²) in [6.07, 6.45) is 0.756. The largest absolute Gasteiger partial charge is 0.343 e. The fourth-order valence-electron chi connectivity index (χ4n) is 1.79. The molecule has 3 aromatic rings. The third kappa shape index (κ3) is 2.12. The molecule has 0 radical (unpaired) electrons. The number of carbonyl (C=O) groups excluding carboxylic acids is 1. The zero-order chi connectivity index (χ0) is 14.1. The minimum Gasteiger partial charge on any atom is -0.298 e. The molecule has 2 heterocycles. The first kappa shape index (κ1) is 12.6. The summed E-state index contributed by atoms with van der Waals surface area (Å²) >= 11 is 1.18. The predicted molar refractivity (Wildman–Crippen MR) is 75.1 cm³/mol. The molecule has 0 aliphatic carbocycles. The van der Waals surface area contributed by atoms with Gasteiger partial charge in [0.2, 0.25) is 0 Å². The summed E-state index contributed by atoms with van der Waals surface area (Å²) < 4.78 is 1.37. The van der Waals surface area contributed by atoms with Crippen LogP contribution in [0.25, 0.3) is 10.9 Å². The Kier molecular flexibility index (Phi) is 3.11. The highest BCUT2D eigenvalue weighted by molar-refractivity contribution is 7.99. The molecule has 0 saturated heterocycles. The van der Waals surface area contributed by atoms with E-state index in [-0.39, 0.29) is 5.69 Å². The van der Waals surface area contributed by atoms with Crippen molar-refractivity contribution < 1.29 is 4.79 Å². The zero-order valence-electron chi connectivity index (χ0n) is 10.5. The van der Waals surface area contributed by atoms with Crippen LogP contribution in [0, 0.1) is 0 Å². The second-order valence-corrected chi connectivity index (χ2v) is 5.12. The number of pyridine rings is 1. The Morgan fingerprint density at radius 1 is 1.35 bits per heavy atom. The molecular formula is C13H10N4O2S. The molecule has 0 fully saturated rings. The first-order chi connectivity index (χ1) is 9.69. The molecule has 0 aliphatic rings. The second-order valence-electron chi connectivity index (χ2n) is 4.17. The van der Waals surface area contributed by atoms with Crippen molar-refractivity contribution in [1.29, 1.82) is 0 Å². The van der Waals surface area contributed by atoms with Gasteiger partial charge in [0.25, 0.3) is 0 Å². The molecule has 100 valence electrons. The molecule has 0 saturated carbocycles. The SMILES string of the molecule is Cn1c(Sc2nc3ccccc3cc2C=O)n[nH]c1=O. The van der Waals surface area contributed by atoms with Gasteiger partial charge in [0.1, 0.15) is 5.03 Å². The van der Waals surface area contributed by atoms with Gasteiger partial charge in [-0.2, -0.15) is 0 Å². The molecule has 0 spiro atoms. The van der Waals surface area contributed by atoms with Gasteiger partial charge in [0.15, 0.2) is 11.4 Å². The quantitative estimate of drug-likeness (QED) is 0.740. The average Bonchev–Trinajstić information content (AvgIpc) is 2.78. The van der Waals surface area contributed by atoms with Crippen LogP contribution in [-0.4, -0.2) is 26.0 Å². The number of rotatable bonds is 3. The van der Waals surface area contributed by atoms with Gasteiger partial charge in [-0.3, -0.25) is 9.36 Å². The van der Waals surface area contributed by atoms with Crippen LogP contribution >= 0.6 is 11.8 Å². The lowest BCUT2D eigenvalue weighted by Crippen LogP contribution is -2.12. The molecule has 1 aromatic carbocycles. The lowest BCUT2D eigenvalue weighted by molar-refractivity contribution is 0.112. The number of hydrogen-bond donors (Lipinski definition) is 1. The number of H-pyrrole nitrogens is 1. The summed E-state index contributed by atoms with van der Waals surface area (Å²) in [6.45, 7) is 0. The molecule has 3 rings (SSSR count). The normalized spacial score (nSPS) is 10.8. The molecular weight excluding hydrogens is 276 g/mol. The molecule has 0 amide bonds. The number of benzene rings is 1. The van der Waals surface area contributed by atoms with E-state index in [1.165, 1.54) is 16.3 Å². The Balaban J connectivity index is 2.12. The molecule has 1 N–H and O–H groups in total. The maximum atomic E-state index is 11.3. The van der Waals surface area contributed by atoms with Crippen molar-refractivity contribution >= 4 is 29.0 Å². The van der Waals surface area contributed by atoms with Gasteiger partial charge in [-0.25, -0.2) is 14.9 Å². The average molecular weight is 286 g/mol. The van der Waals surface area contributed by atoms with E-state index in [4.69, 9.17) is 0 Å². The van der Waals surface area contributed by atoms with Crippen LogP contribution in [0.15, 0.2) is 45.3 Å². The fourth-order valence-corrected chi connectivity index (χ4v) is 2.64. The number of nitrogens with zero attached hydrogens (tertiary/aromatic N) is 3. The number of nitrogens with one attached hydrogen (secondary N) is 1. The zero-order valence-corrected chi connectivity index (χ0v) is 11.3. The third-order valence-electron chi connectivity index (χ3n) is 2.87. The van der Waals surface area contributed by atoms with Crippen LogP contribution in [0.5, 0.6) is 0 Å². The van der Waals surface area contributed by atoms with Crippen LogP contribution in [-0.2, 0) is 7.05 Å². The van der Waals surface area contributed by atoms with Crippen molar-refractivity contribution in [3.63, 3.8) is 0 Å². The minimum absolute atomic E-state index is 0.305. The number of aldehydes is 1. The Bertz CT molecular complexity index is 853. The molecule has 0 bridgehead atoms. The van der Waals surface area contributed by atoms with Gasteiger partial charge in [-0.15, -0.1) is 5.10 Å². The lowest BCUT2D eigenvalue weighted by atomic mass is 10.2. The van der Waals surface area contributed by atoms with E-state index in [0.717, 1.165) is 17.2 Å². The van der Waals surface area contributed by atoms with Crippen LogP contribution in [0.1, 0.15) is 10.4 Å². The van der Waals surface area contributed by atoms with Gasteiger partial charge in [-0.1, -0.05) is 18.2 Å².